The third-order valence-corrected chi connectivity index (χ3v) is 5.46. The average Bonchev–Trinajstić information content (AvgIpc) is 3.14. The van der Waals surface area contributed by atoms with Crippen molar-refractivity contribution < 1.29 is 19.0 Å². The predicted octanol–water partition coefficient (Wildman–Crippen LogP) is -0.536. The van der Waals surface area contributed by atoms with Crippen LogP contribution in [0, 0.1) is 5.92 Å². The first kappa shape index (κ1) is 18.8. The lowest BCUT2D eigenvalue weighted by Gasteiger charge is -2.54. The molecule has 23 heavy (non-hydrogen) atoms. The summed E-state index contributed by atoms with van der Waals surface area (Å²) in [5.74, 6) is -0.00361. The smallest absolute Gasteiger partial charge is 0.153 e. The van der Waals surface area contributed by atoms with E-state index in [1.807, 2.05) is 51.2 Å². The topological polar surface area (TPSA) is 48.1 Å². The van der Waals surface area contributed by atoms with Gasteiger partial charge >= 0.3 is 0 Å². The highest BCUT2D eigenvalue weighted by molar-refractivity contribution is 6.55. The Kier molecular flexibility index (Phi) is 4.73. The van der Waals surface area contributed by atoms with Crippen LogP contribution >= 0.6 is 0 Å². The van der Waals surface area contributed by atoms with Crippen molar-refractivity contribution in [3.8, 4) is 0 Å². The Morgan fingerprint density at radius 1 is 1.39 bits per heavy atom. The first-order valence-electron chi connectivity index (χ1n) is 8.43. The number of ketones is 1. The summed E-state index contributed by atoms with van der Waals surface area (Å²) in [5.41, 5.74) is -0.545. The fourth-order valence-electron chi connectivity index (χ4n) is 4.61. The Bertz CT molecular complexity index is 521. The zero-order valence-electron chi connectivity index (χ0n) is 15.9. The number of carbonyl (C=O) groups is 1. The van der Waals surface area contributed by atoms with Crippen LogP contribution in [0.2, 0.25) is 5.21 Å². The van der Waals surface area contributed by atoms with Crippen LogP contribution in [0.4, 0.5) is 0 Å². The average molecular weight is 318 g/mol. The van der Waals surface area contributed by atoms with Gasteiger partial charge in [-0.1, -0.05) is 11.6 Å². The maximum atomic E-state index is 13.1. The number of ether oxygens (including phenoxy) is 3. The van der Waals surface area contributed by atoms with Crippen molar-refractivity contribution in [2.24, 2.45) is 5.92 Å². The Morgan fingerprint density at radius 2 is 1.96 bits per heavy atom. The van der Waals surface area contributed by atoms with Crippen LogP contribution < -0.4 is 0 Å². The van der Waals surface area contributed by atoms with Crippen LogP contribution in [0.5, 0.6) is 0 Å². The highest BCUT2D eigenvalue weighted by atomic mass is 16.6. The van der Waals surface area contributed by atoms with Gasteiger partial charge in [0, 0.05) is 13.0 Å². The number of methoxy groups -OCH3 is 1. The number of hydrogen-bond acceptors (Lipinski definition) is 4. The second-order valence-electron chi connectivity index (χ2n) is 8.68. The minimum Gasteiger partial charge on any atom is -0.379 e. The minimum atomic E-state index is -0.910. The summed E-state index contributed by atoms with van der Waals surface area (Å²) in [7, 11) is 7.50. The summed E-state index contributed by atoms with van der Waals surface area (Å²) in [6.07, 6.45) is 2.78. The van der Waals surface area contributed by atoms with E-state index in [-0.39, 0.29) is 17.3 Å². The van der Waals surface area contributed by atoms with Gasteiger partial charge in [0.15, 0.2) is 7.85 Å². The molecule has 0 aromatic rings. The van der Waals surface area contributed by atoms with Gasteiger partial charge in [0.25, 0.3) is 0 Å². The van der Waals surface area contributed by atoms with Crippen molar-refractivity contribution in [1.82, 2.24) is 0 Å². The van der Waals surface area contributed by atoms with Crippen molar-refractivity contribution in [2.75, 3.05) is 20.3 Å². The van der Waals surface area contributed by atoms with Crippen molar-refractivity contribution in [1.29, 1.82) is 0 Å². The highest BCUT2D eigenvalue weighted by Gasteiger charge is 2.71. The van der Waals surface area contributed by atoms with E-state index in [1.54, 1.807) is 7.11 Å². The summed E-state index contributed by atoms with van der Waals surface area (Å²) < 4.78 is 17.9. The van der Waals surface area contributed by atoms with Gasteiger partial charge in [0.1, 0.15) is 21.5 Å². The molecule has 0 unspecified atom stereocenters. The van der Waals surface area contributed by atoms with E-state index >= 15 is 0 Å². The van der Waals surface area contributed by atoms with Gasteiger partial charge in [-0.25, -0.2) is 0 Å². The molecule has 0 bridgehead atoms. The molecule has 1 saturated heterocycles. The lowest BCUT2D eigenvalue weighted by molar-refractivity contribution is -0.174. The fraction of sp³-hybridized carbons (Fsp3) is 0.812. The van der Waals surface area contributed by atoms with Gasteiger partial charge < -0.3 is 14.2 Å². The molecule has 0 amide bonds. The van der Waals surface area contributed by atoms with E-state index in [4.69, 9.17) is 14.2 Å². The molecule has 126 valence electrons. The molecule has 1 aliphatic carbocycles. The molecule has 1 heterocycles. The number of epoxide rings is 1. The quantitative estimate of drug-likeness (QED) is 0.388. The molecule has 2 aliphatic rings. The van der Waals surface area contributed by atoms with Crippen LogP contribution in [-0.2, 0) is 19.0 Å². The van der Waals surface area contributed by atoms with Gasteiger partial charge in [-0.05, 0) is 39.3 Å². The Labute approximate surface area is 142 Å². The standard InChI is InChI=1S/C16H29B3O4/c1-10(2)6-7-22-13(3,4)11-14(9-23-14)8-15(17,18)12(20)16(11,19)21-5/h6,11H,7-9,17-19H2,1-5H3/t11-,14+,16-/m1/s1. The Morgan fingerprint density at radius 3 is 2.39 bits per heavy atom. The summed E-state index contributed by atoms with van der Waals surface area (Å²) in [5, 5.41) is -0.451. The molecule has 0 radical (unpaired) electrons. The van der Waals surface area contributed by atoms with E-state index in [0.29, 0.717) is 13.2 Å². The van der Waals surface area contributed by atoms with Crippen LogP contribution in [-0.4, -0.2) is 66.3 Å². The van der Waals surface area contributed by atoms with E-state index in [9.17, 15) is 4.79 Å². The zero-order valence-corrected chi connectivity index (χ0v) is 15.9. The van der Waals surface area contributed by atoms with Crippen LogP contribution in [0.15, 0.2) is 11.6 Å². The molecule has 2 rings (SSSR count). The van der Waals surface area contributed by atoms with Crippen LogP contribution in [0.1, 0.15) is 34.1 Å². The third kappa shape index (κ3) is 3.20. The van der Waals surface area contributed by atoms with Crippen LogP contribution in [0.25, 0.3) is 0 Å². The third-order valence-electron chi connectivity index (χ3n) is 5.46. The molecule has 3 atom stereocenters. The minimum absolute atomic E-state index is 0.137. The molecular weight excluding hydrogens is 289 g/mol. The molecule has 0 aromatic carbocycles. The number of allylic oxidation sites excluding steroid dienone is 1. The van der Waals surface area contributed by atoms with E-state index in [2.05, 4.69) is 6.08 Å². The Balaban J connectivity index is 2.37. The molecule has 2 fully saturated rings. The molecule has 1 saturated carbocycles. The van der Waals surface area contributed by atoms with Gasteiger partial charge in [-0.3, -0.25) is 4.79 Å². The van der Waals surface area contributed by atoms with E-state index in [1.165, 1.54) is 5.57 Å². The Hall–Kier alpha value is -0.515. The summed E-state index contributed by atoms with van der Waals surface area (Å²) >= 11 is 0. The molecule has 4 nitrogen and oxygen atoms in total. The number of carbonyl (C=O) groups excluding carboxylic acids is 1. The second kappa shape index (κ2) is 5.78. The van der Waals surface area contributed by atoms with Gasteiger partial charge in [0.05, 0.1) is 29.9 Å². The normalized spacial score (nSPS) is 36.0. The second-order valence-corrected chi connectivity index (χ2v) is 8.68. The van der Waals surface area contributed by atoms with Gasteiger partial charge in [-0.2, -0.15) is 0 Å². The maximum Gasteiger partial charge on any atom is 0.153 e. The van der Waals surface area contributed by atoms with Crippen molar-refractivity contribution >= 4 is 29.3 Å². The van der Waals surface area contributed by atoms with Crippen molar-refractivity contribution in [3.63, 3.8) is 0 Å². The van der Waals surface area contributed by atoms with Crippen molar-refractivity contribution in [2.45, 2.75) is 56.0 Å². The lowest BCUT2D eigenvalue weighted by Crippen LogP contribution is -2.68. The predicted molar refractivity (Wildman–Crippen MR) is 99.3 cm³/mol. The highest BCUT2D eigenvalue weighted by Crippen LogP contribution is 2.59. The van der Waals surface area contributed by atoms with E-state index < -0.39 is 16.3 Å². The monoisotopic (exact) mass is 318 g/mol. The molecule has 7 heteroatoms. The number of rotatable bonds is 5. The molecule has 1 spiro atoms. The van der Waals surface area contributed by atoms with Crippen molar-refractivity contribution in [3.05, 3.63) is 11.6 Å². The van der Waals surface area contributed by atoms with Gasteiger partial charge in [-0.15, -0.1) is 0 Å². The summed E-state index contributed by atoms with van der Waals surface area (Å²) in [4.78, 5) is 13.1. The largest absolute Gasteiger partial charge is 0.379 e. The first-order valence-corrected chi connectivity index (χ1v) is 8.43. The zero-order chi connectivity index (χ0) is 17.7. The maximum absolute atomic E-state index is 13.1. The summed E-state index contributed by atoms with van der Waals surface area (Å²) in [6.45, 7) is 9.38. The molecule has 0 N–H and O–H groups in total. The SMILES string of the molecule is BC1(B)C[C@]2(CO2)[C@@H](C(C)(C)OCC=C(C)C)[C@@](B)(OC)C1=O. The first-order chi connectivity index (χ1) is 10.4. The summed E-state index contributed by atoms with van der Waals surface area (Å²) in [6, 6.07) is 0. The number of Topliss-reactive ketones (excluding diaryl/α,β-unsaturated/α-hetero) is 1. The lowest BCUT2D eigenvalue weighted by atomic mass is 9.37. The molecule has 0 aromatic heterocycles. The van der Waals surface area contributed by atoms with Crippen LogP contribution in [0.3, 0.4) is 0 Å². The molecule has 1 aliphatic heterocycles. The fourth-order valence-corrected chi connectivity index (χ4v) is 4.61. The number of hydrogen-bond donors (Lipinski definition) is 0. The van der Waals surface area contributed by atoms with Gasteiger partial charge in [0.2, 0.25) is 0 Å². The molecular formula is C16H29B3O4. The van der Waals surface area contributed by atoms with E-state index in [0.717, 1.165) is 6.42 Å².